The van der Waals surface area contributed by atoms with Gasteiger partial charge in [-0.15, -0.1) is 0 Å². The summed E-state index contributed by atoms with van der Waals surface area (Å²) in [5.41, 5.74) is 8.54. The zero-order chi connectivity index (χ0) is 21.7. The maximum absolute atomic E-state index is 12.8. The van der Waals surface area contributed by atoms with Crippen molar-refractivity contribution >= 4 is 52.1 Å². The number of thiocarbonyl (C=S) groups is 1. The van der Waals surface area contributed by atoms with Crippen molar-refractivity contribution in [3.05, 3.63) is 64.6 Å². The fourth-order valence-electron chi connectivity index (χ4n) is 2.49. The first kappa shape index (κ1) is 21.3. The molecule has 3 amide bonds. The second-order valence-corrected chi connectivity index (χ2v) is 7.66. The molecule has 8 nitrogen and oxygen atoms in total. The van der Waals surface area contributed by atoms with Crippen LogP contribution in [0.25, 0.3) is 6.08 Å². The molecule has 1 aliphatic heterocycles. The van der Waals surface area contributed by atoms with E-state index in [2.05, 4.69) is 5.43 Å². The van der Waals surface area contributed by atoms with Gasteiger partial charge in [-0.1, -0.05) is 30.0 Å². The minimum Gasteiger partial charge on any atom is -0.497 e. The van der Waals surface area contributed by atoms with E-state index in [4.69, 9.17) is 27.4 Å². The Morgan fingerprint density at radius 2 is 1.90 bits per heavy atom. The highest BCUT2D eigenvalue weighted by Crippen LogP contribution is 2.33. The molecule has 0 unspecified atom stereocenters. The third kappa shape index (κ3) is 4.97. The van der Waals surface area contributed by atoms with Crippen LogP contribution in [0.15, 0.2) is 53.4 Å². The van der Waals surface area contributed by atoms with Crippen molar-refractivity contribution < 1.29 is 23.9 Å². The Bertz CT molecular complexity index is 1040. The third-order valence-electron chi connectivity index (χ3n) is 3.93. The normalized spacial score (nSPS) is 14.7. The summed E-state index contributed by atoms with van der Waals surface area (Å²) < 4.78 is 10.6. The molecule has 1 heterocycles. The molecular formula is C20H17N3O5S2. The Balaban J connectivity index is 1.76. The monoisotopic (exact) mass is 443 g/mol. The van der Waals surface area contributed by atoms with Crippen molar-refractivity contribution in [1.82, 2.24) is 10.4 Å². The van der Waals surface area contributed by atoms with E-state index in [1.807, 2.05) is 0 Å². The second kappa shape index (κ2) is 9.42. The van der Waals surface area contributed by atoms with E-state index in [1.54, 1.807) is 54.6 Å². The van der Waals surface area contributed by atoms with Gasteiger partial charge in [0.1, 0.15) is 11.5 Å². The van der Waals surface area contributed by atoms with Crippen molar-refractivity contribution in [3.63, 3.8) is 0 Å². The quantitative estimate of drug-likeness (QED) is 0.498. The topological polar surface area (TPSA) is 111 Å². The standard InChI is InChI=1S/C20H17N3O5S2/c1-27-14-8-6-12(7-9-14)18(25)22-23-19(26)16(30-20(23)29)10-13-4-2-3-5-15(13)28-11-17(21)24/h2-10H,11H2,1H3,(H2,21,24)(H,22,25)/b16-10+. The molecule has 0 atom stereocenters. The van der Waals surface area contributed by atoms with Gasteiger partial charge in [0.25, 0.3) is 17.7 Å². The molecule has 2 aromatic rings. The summed E-state index contributed by atoms with van der Waals surface area (Å²) in [4.78, 5) is 36.5. The fraction of sp³-hybridized carbons (Fsp3) is 0.100. The van der Waals surface area contributed by atoms with Gasteiger partial charge in [-0.3, -0.25) is 19.8 Å². The maximum Gasteiger partial charge on any atom is 0.285 e. The molecule has 1 aliphatic rings. The molecule has 3 N–H and O–H groups in total. The molecule has 10 heteroatoms. The Morgan fingerprint density at radius 1 is 1.20 bits per heavy atom. The number of hydrazine groups is 1. The van der Waals surface area contributed by atoms with Crippen molar-refractivity contribution in [2.45, 2.75) is 0 Å². The van der Waals surface area contributed by atoms with Crippen molar-refractivity contribution in [2.75, 3.05) is 13.7 Å². The number of thioether (sulfide) groups is 1. The Morgan fingerprint density at radius 3 is 2.57 bits per heavy atom. The van der Waals surface area contributed by atoms with Crippen LogP contribution in [0.4, 0.5) is 0 Å². The van der Waals surface area contributed by atoms with Gasteiger partial charge in [-0.2, -0.15) is 5.01 Å². The highest BCUT2D eigenvalue weighted by Gasteiger charge is 2.34. The number of hydrogen-bond acceptors (Lipinski definition) is 7. The van der Waals surface area contributed by atoms with Crippen LogP contribution in [0.1, 0.15) is 15.9 Å². The van der Waals surface area contributed by atoms with Crippen LogP contribution >= 0.6 is 24.0 Å². The van der Waals surface area contributed by atoms with Gasteiger partial charge in [0.15, 0.2) is 10.9 Å². The molecule has 0 radical (unpaired) electrons. The summed E-state index contributed by atoms with van der Waals surface area (Å²) in [6.07, 6.45) is 1.58. The zero-order valence-corrected chi connectivity index (χ0v) is 17.4. The summed E-state index contributed by atoms with van der Waals surface area (Å²) in [5, 5.41) is 1.02. The number of para-hydroxylation sites is 1. The first-order valence-electron chi connectivity index (χ1n) is 8.62. The summed E-state index contributed by atoms with van der Waals surface area (Å²) >= 11 is 6.28. The van der Waals surface area contributed by atoms with E-state index >= 15 is 0 Å². The van der Waals surface area contributed by atoms with E-state index < -0.39 is 17.7 Å². The highest BCUT2D eigenvalue weighted by molar-refractivity contribution is 8.26. The van der Waals surface area contributed by atoms with Gasteiger partial charge in [-0.25, -0.2) is 0 Å². The molecule has 154 valence electrons. The largest absolute Gasteiger partial charge is 0.497 e. The molecular weight excluding hydrogens is 426 g/mol. The number of carbonyl (C=O) groups excluding carboxylic acids is 3. The predicted molar refractivity (Wildman–Crippen MR) is 117 cm³/mol. The van der Waals surface area contributed by atoms with Gasteiger partial charge in [0, 0.05) is 11.1 Å². The lowest BCUT2D eigenvalue weighted by Crippen LogP contribution is -2.44. The van der Waals surface area contributed by atoms with Gasteiger partial charge < -0.3 is 15.2 Å². The average Bonchev–Trinajstić information content (AvgIpc) is 3.00. The average molecular weight is 444 g/mol. The lowest BCUT2D eigenvalue weighted by atomic mass is 10.2. The second-order valence-electron chi connectivity index (χ2n) is 5.98. The molecule has 30 heavy (non-hydrogen) atoms. The number of amides is 3. The number of methoxy groups -OCH3 is 1. The molecule has 1 saturated heterocycles. The minimum absolute atomic E-state index is 0.184. The van der Waals surface area contributed by atoms with Crippen LogP contribution in [-0.2, 0) is 9.59 Å². The van der Waals surface area contributed by atoms with E-state index in [0.29, 0.717) is 27.5 Å². The van der Waals surface area contributed by atoms with Crippen LogP contribution in [0.3, 0.4) is 0 Å². The Kier molecular flexibility index (Phi) is 6.70. The van der Waals surface area contributed by atoms with Crippen LogP contribution < -0.4 is 20.6 Å². The van der Waals surface area contributed by atoms with Gasteiger partial charge in [0.2, 0.25) is 0 Å². The van der Waals surface area contributed by atoms with Crippen LogP contribution in [0.2, 0.25) is 0 Å². The number of ether oxygens (including phenoxy) is 2. The van der Waals surface area contributed by atoms with Crippen LogP contribution in [0, 0.1) is 0 Å². The van der Waals surface area contributed by atoms with Crippen LogP contribution in [0.5, 0.6) is 11.5 Å². The smallest absolute Gasteiger partial charge is 0.285 e. The van der Waals surface area contributed by atoms with Gasteiger partial charge in [0.05, 0.1) is 12.0 Å². The summed E-state index contributed by atoms with van der Waals surface area (Å²) in [7, 11) is 1.53. The number of nitrogens with zero attached hydrogens (tertiary/aromatic N) is 1. The van der Waals surface area contributed by atoms with Crippen molar-refractivity contribution in [3.8, 4) is 11.5 Å². The highest BCUT2D eigenvalue weighted by atomic mass is 32.2. The van der Waals surface area contributed by atoms with Crippen molar-refractivity contribution in [2.24, 2.45) is 5.73 Å². The molecule has 0 aromatic heterocycles. The minimum atomic E-state index is -0.614. The predicted octanol–water partition coefficient (Wildman–Crippen LogP) is 2.11. The molecule has 0 saturated carbocycles. The zero-order valence-electron chi connectivity index (χ0n) is 15.8. The Labute approximate surface area is 182 Å². The van der Waals surface area contributed by atoms with E-state index in [1.165, 1.54) is 7.11 Å². The number of rotatable bonds is 7. The summed E-state index contributed by atoms with van der Waals surface area (Å²) in [6, 6.07) is 13.3. The lowest BCUT2D eigenvalue weighted by molar-refractivity contribution is -0.123. The van der Waals surface area contributed by atoms with E-state index in [-0.39, 0.29) is 10.9 Å². The number of carbonyl (C=O) groups is 3. The Hall–Kier alpha value is -3.37. The number of primary amides is 1. The third-order valence-corrected chi connectivity index (χ3v) is 5.24. The first-order valence-corrected chi connectivity index (χ1v) is 9.84. The molecule has 2 aromatic carbocycles. The number of benzene rings is 2. The fourth-order valence-corrected chi connectivity index (χ4v) is 3.66. The van der Waals surface area contributed by atoms with Crippen molar-refractivity contribution in [1.29, 1.82) is 0 Å². The van der Waals surface area contributed by atoms with Gasteiger partial charge in [-0.05, 0) is 48.6 Å². The molecule has 1 fully saturated rings. The van der Waals surface area contributed by atoms with Crippen LogP contribution in [-0.4, -0.2) is 40.8 Å². The lowest BCUT2D eigenvalue weighted by Gasteiger charge is -2.15. The first-order chi connectivity index (χ1) is 14.4. The summed E-state index contributed by atoms with van der Waals surface area (Å²) in [5.74, 6) is -0.574. The number of nitrogens with two attached hydrogens (primary N) is 1. The molecule has 0 bridgehead atoms. The summed E-state index contributed by atoms with van der Waals surface area (Å²) in [6.45, 7) is -0.288. The SMILES string of the molecule is COc1ccc(C(=O)NN2C(=O)/C(=C\c3ccccc3OCC(N)=O)SC2=S)cc1. The number of hydrogen-bond donors (Lipinski definition) is 2. The maximum atomic E-state index is 12.8. The molecule has 0 spiro atoms. The number of nitrogens with one attached hydrogen (secondary N) is 1. The van der Waals surface area contributed by atoms with Gasteiger partial charge >= 0.3 is 0 Å². The van der Waals surface area contributed by atoms with E-state index in [0.717, 1.165) is 16.8 Å². The molecule has 0 aliphatic carbocycles. The van der Waals surface area contributed by atoms with E-state index in [9.17, 15) is 14.4 Å². The molecule has 3 rings (SSSR count).